The van der Waals surface area contributed by atoms with E-state index in [1.54, 1.807) is 36.4 Å². The molecule has 2 aromatic carbocycles. The van der Waals surface area contributed by atoms with E-state index in [-0.39, 0.29) is 5.56 Å². The molecule has 0 aliphatic heterocycles. The summed E-state index contributed by atoms with van der Waals surface area (Å²) in [5.74, 6) is -0.452. The number of benzene rings is 2. The fraction of sp³-hybridized carbons (Fsp3) is 0. The predicted octanol–water partition coefficient (Wildman–Crippen LogP) is 4.33. The van der Waals surface area contributed by atoms with Crippen molar-refractivity contribution in [1.82, 2.24) is 0 Å². The van der Waals surface area contributed by atoms with Gasteiger partial charge in [0, 0.05) is 0 Å². The van der Waals surface area contributed by atoms with Gasteiger partial charge < -0.3 is 9.40 Å². The number of hydrogen-bond acceptors (Lipinski definition) is 4. The Labute approximate surface area is 114 Å². The van der Waals surface area contributed by atoms with Crippen LogP contribution in [0.15, 0.2) is 58.8 Å². The van der Waals surface area contributed by atoms with Gasteiger partial charge in [-0.2, -0.15) is 10.2 Å². The molecule has 0 aromatic heterocycles. The van der Waals surface area contributed by atoms with E-state index in [2.05, 4.69) is 14.5 Å². The third-order valence-electron chi connectivity index (χ3n) is 2.32. The van der Waals surface area contributed by atoms with Crippen molar-refractivity contribution in [3.63, 3.8) is 0 Å². The molecule has 0 radical (unpaired) electrons. The van der Waals surface area contributed by atoms with Crippen molar-refractivity contribution in [2.75, 3.05) is 0 Å². The van der Waals surface area contributed by atoms with Crippen molar-refractivity contribution in [3.8, 4) is 5.75 Å². The van der Waals surface area contributed by atoms with Gasteiger partial charge in [-0.05, 0) is 48.5 Å². The molecule has 0 fully saturated rings. The average molecular weight is 277 g/mol. The van der Waals surface area contributed by atoms with Gasteiger partial charge in [0.2, 0.25) is 0 Å². The minimum Gasteiger partial charge on any atom is -0.478 e. The fourth-order valence-electron chi connectivity index (χ4n) is 1.35. The summed E-state index contributed by atoms with van der Waals surface area (Å²) in [6.07, 6.45) is 0. The second kappa shape index (κ2) is 5.97. The van der Waals surface area contributed by atoms with Gasteiger partial charge in [0.05, 0.1) is 16.9 Å². The van der Waals surface area contributed by atoms with E-state index >= 15 is 0 Å². The first-order chi connectivity index (χ1) is 9.19. The highest BCUT2D eigenvalue weighted by atomic mass is 35.5. The van der Waals surface area contributed by atoms with Crippen LogP contribution < -0.4 is 4.29 Å². The van der Waals surface area contributed by atoms with E-state index in [1.165, 1.54) is 12.1 Å². The Balaban J connectivity index is 2.10. The maximum atomic E-state index is 10.7. The van der Waals surface area contributed by atoms with E-state index in [0.29, 0.717) is 17.1 Å². The Morgan fingerprint density at radius 1 is 0.947 bits per heavy atom. The van der Waals surface area contributed by atoms with Crippen LogP contribution in [0, 0.1) is 0 Å². The summed E-state index contributed by atoms with van der Waals surface area (Å²) >= 11 is 5.19. The Hall–Kier alpha value is -2.40. The van der Waals surface area contributed by atoms with Crippen molar-refractivity contribution >= 4 is 29.2 Å². The lowest BCUT2D eigenvalue weighted by Crippen LogP contribution is -1.93. The van der Waals surface area contributed by atoms with Crippen molar-refractivity contribution in [3.05, 3.63) is 54.1 Å². The maximum Gasteiger partial charge on any atom is 0.335 e. The molecule has 5 nitrogen and oxygen atoms in total. The van der Waals surface area contributed by atoms with E-state index in [9.17, 15) is 4.79 Å². The molecule has 0 heterocycles. The molecule has 0 aliphatic carbocycles. The second-order valence-corrected chi connectivity index (χ2v) is 3.78. The molecule has 2 aromatic rings. The van der Waals surface area contributed by atoms with Crippen LogP contribution in [0.25, 0.3) is 0 Å². The number of carboxylic acids is 1. The van der Waals surface area contributed by atoms with Crippen LogP contribution in [0.5, 0.6) is 5.75 Å². The Kier molecular flexibility index (Phi) is 4.10. The smallest absolute Gasteiger partial charge is 0.335 e. The monoisotopic (exact) mass is 276 g/mol. The van der Waals surface area contributed by atoms with Gasteiger partial charge in [-0.25, -0.2) is 4.79 Å². The third kappa shape index (κ3) is 3.53. The zero-order valence-corrected chi connectivity index (χ0v) is 10.4. The van der Waals surface area contributed by atoms with Crippen LogP contribution in [-0.2, 0) is 0 Å². The Morgan fingerprint density at radius 3 is 1.84 bits per heavy atom. The standard InChI is InChI=1S/C13H9ClN2O3/c14-19-12-7-5-11(6-8-12)16-15-10-3-1-9(2-4-10)13(17)18/h1-8H,(H,17,18)/b16-15+. The number of nitrogens with zero attached hydrogens (tertiary/aromatic N) is 2. The van der Waals surface area contributed by atoms with E-state index < -0.39 is 5.97 Å². The second-order valence-electron chi connectivity index (χ2n) is 3.62. The summed E-state index contributed by atoms with van der Waals surface area (Å²) in [5.41, 5.74) is 1.42. The molecule has 0 aliphatic rings. The number of carboxylic acid groups (broad SMARTS) is 1. The molecule has 0 spiro atoms. The van der Waals surface area contributed by atoms with Gasteiger partial charge in [0.1, 0.15) is 17.6 Å². The van der Waals surface area contributed by atoms with Crippen LogP contribution in [0.2, 0.25) is 0 Å². The van der Waals surface area contributed by atoms with E-state index in [0.717, 1.165) is 0 Å². The number of carbonyl (C=O) groups is 1. The van der Waals surface area contributed by atoms with Crippen LogP contribution >= 0.6 is 11.9 Å². The highest BCUT2D eigenvalue weighted by Crippen LogP contribution is 2.21. The molecule has 1 N–H and O–H groups in total. The quantitative estimate of drug-likeness (QED) is 0.845. The Morgan fingerprint density at radius 2 is 1.42 bits per heavy atom. The summed E-state index contributed by atoms with van der Waals surface area (Å²) in [4.78, 5) is 10.7. The minimum absolute atomic E-state index is 0.211. The molecule has 0 bridgehead atoms. The molecule has 6 heteroatoms. The molecule has 0 amide bonds. The van der Waals surface area contributed by atoms with Crippen LogP contribution in [0.4, 0.5) is 11.4 Å². The molecule has 0 atom stereocenters. The third-order valence-corrected chi connectivity index (χ3v) is 2.50. The van der Waals surface area contributed by atoms with Crippen molar-refractivity contribution < 1.29 is 14.2 Å². The molecule has 19 heavy (non-hydrogen) atoms. The highest BCUT2D eigenvalue weighted by molar-refractivity contribution is 6.09. The summed E-state index contributed by atoms with van der Waals surface area (Å²) in [5, 5.41) is 16.8. The van der Waals surface area contributed by atoms with Crippen LogP contribution in [0.1, 0.15) is 10.4 Å². The number of halogens is 1. The van der Waals surface area contributed by atoms with E-state index in [1.807, 2.05) is 0 Å². The first kappa shape index (κ1) is 13.0. The molecule has 0 unspecified atom stereocenters. The molecule has 0 saturated heterocycles. The minimum atomic E-state index is -0.972. The SMILES string of the molecule is O=C(O)c1ccc(/N=N/c2ccc(OCl)cc2)cc1. The van der Waals surface area contributed by atoms with E-state index in [4.69, 9.17) is 17.0 Å². The first-order valence-electron chi connectivity index (χ1n) is 5.33. The zero-order chi connectivity index (χ0) is 13.7. The van der Waals surface area contributed by atoms with Gasteiger partial charge in [0.25, 0.3) is 0 Å². The molecule has 0 saturated carbocycles. The summed E-state index contributed by atoms with van der Waals surface area (Å²) in [6.45, 7) is 0. The largest absolute Gasteiger partial charge is 0.478 e. The van der Waals surface area contributed by atoms with Crippen LogP contribution in [0.3, 0.4) is 0 Å². The summed E-state index contributed by atoms with van der Waals surface area (Å²) in [7, 11) is 0. The lowest BCUT2D eigenvalue weighted by atomic mass is 10.2. The summed E-state index contributed by atoms with van der Waals surface area (Å²) in [6, 6.07) is 12.8. The van der Waals surface area contributed by atoms with Gasteiger partial charge in [-0.3, -0.25) is 0 Å². The average Bonchev–Trinajstić information content (AvgIpc) is 2.46. The topological polar surface area (TPSA) is 71.2 Å². The maximum absolute atomic E-state index is 10.7. The number of hydrogen-bond donors (Lipinski definition) is 1. The van der Waals surface area contributed by atoms with Gasteiger partial charge in [0.15, 0.2) is 0 Å². The number of aromatic carboxylic acids is 1. The van der Waals surface area contributed by atoms with Gasteiger partial charge >= 0.3 is 5.97 Å². The number of azo groups is 1. The van der Waals surface area contributed by atoms with Crippen molar-refractivity contribution in [2.24, 2.45) is 10.2 Å². The number of rotatable bonds is 4. The van der Waals surface area contributed by atoms with Crippen molar-refractivity contribution in [2.45, 2.75) is 0 Å². The van der Waals surface area contributed by atoms with Gasteiger partial charge in [-0.15, -0.1) is 0 Å². The highest BCUT2D eigenvalue weighted by Gasteiger charge is 2.00. The fourth-order valence-corrected chi connectivity index (χ4v) is 1.45. The lowest BCUT2D eigenvalue weighted by Gasteiger charge is -1.96. The normalized spacial score (nSPS) is 10.6. The van der Waals surface area contributed by atoms with Gasteiger partial charge in [-0.1, -0.05) is 0 Å². The first-order valence-corrected chi connectivity index (χ1v) is 5.63. The molecular weight excluding hydrogens is 268 g/mol. The summed E-state index contributed by atoms with van der Waals surface area (Å²) < 4.78 is 4.51. The predicted molar refractivity (Wildman–Crippen MR) is 70.5 cm³/mol. The van der Waals surface area contributed by atoms with Crippen molar-refractivity contribution in [1.29, 1.82) is 0 Å². The lowest BCUT2D eigenvalue weighted by molar-refractivity contribution is 0.0697. The molecule has 96 valence electrons. The molecule has 2 rings (SSSR count). The molecular formula is C13H9ClN2O3. The zero-order valence-electron chi connectivity index (χ0n) is 9.65. The van der Waals surface area contributed by atoms with Crippen LogP contribution in [-0.4, -0.2) is 11.1 Å². The Bertz CT molecular complexity index is 594.